The van der Waals surface area contributed by atoms with E-state index in [0.717, 1.165) is 18.4 Å². The lowest BCUT2D eigenvalue weighted by Crippen LogP contribution is -2.33. The van der Waals surface area contributed by atoms with Crippen molar-refractivity contribution in [2.24, 2.45) is 28.4 Å². The zero-order valence-corrected chi connectivity index (χ0v) is 9.27. The van der Waals surface area contributed by atoms with Crippen molar-refractivity contribution in [2.45, 2.75) is 46.5 Å². The van der Waals surface area contributed by atoms with Crippen LogP contribution < -0.4 is 5.73 Å². The third-order valence-corrected chi connectivity index (χ3v) is 5.49. The van der Waals surface area contributed by atoms with E-state index in [9.17, 15) is 0 Å². The van der Waals surface area contributed by atoms with E-state index < -0.39 is 0 Å². The number of hydrogen-bond donors (Lipinski definition) is 1. The van der Waals surface area contributed by atoms with Gasteiger partial charge in [-0.3, -0.25) is 0 Å². The minimum atomic E-state index is 0.576. The first-order chi connectivity index (χ1) is 6.02. The molecule has 0 aliphatic heterocycles. The lowest BCUT2D eigenvalue weighted by atomic mass is 9.66. The summed E-state index contributed by atoms with van der Waals surface area (Å²) in [5.41, 5.74) is 6.86. The molecule has 76 valence electrons. The third-order valence-electron chi connectivity index (χ3n) is 5.49. The van der Waals surface area contributed by atoms with Crippen LogP contribution in [0.4, 0.5) is 0 Å². The summed E-state index contributed by atoms with van der Waals surface area (Å²) in [6.45, 7) is 8.33. The molecule has 0 aromatic heterocycles. The van der Waals surface area contributed by atoms with E-state index in [1.54, 1.807) is 0 Å². The lowest BCUT2D eigenvalue weighted by molar-refractivity contribution is 0.0991. The first kappa shape index (κ1) is 9.51. The van der Waals surface area contributed by atoms with Gasteiger partial charge in [-0.15, -0.1) is 0 Å². The lowest BCUT2D eigenvalue weighted by Gasteiger charge is -2.39. The molecule has 0 amide bonds. The van der Waals surface area contributed by atoms with E-state index in [-0.39, 0.29) is 0 Å². The highest BCUT2D eigenvalue weighted by Gasteiger charge is 2.60. The molecule has 3 atom stereocenters. The number of nitrogens with two attached hydrogens (primary N) is 1. The number of fused-ring (bicyclic) bond motifs is 2. The fraction of sp³-hybridized carbons (Fsp3) is 1.00. The van der Waals surface area contributed by atoms with Crippen LogP contribution in [0.3, 0.4) is 0 Å². The topological polar surface area (TPSA) is 26.0 Å². The van der Waals surface area contributed by atoms with E-state index in [1.807, 2.05) is 0 Å². The predicted octanol–water partition coefficient (Wildman–Crippen LogP) is 2.80. The summed E-state index contributed by atoms with van der Waals surface area (Å²) in [5, 5.41) is 0. The molecule has 1 nitrogen and oxygen atoms in total. The van der Waals surface area contributed by atoms with Gasteiger partial charge in [-0.05, 0) is 54.9 Å². The Labute approximate surface area is 82.1 Å². The molecule has 0 aromatic carbocycles. The highest BCUT2D eigenvalue weighted by molar-refractivity contribution is 5.09. The van der Waals surface area contributed by atoms with Gasteiger partial charge in [-0.2, -0.15) is 0 Å². The van der Waals surface area contributed by atoms with Gasteiger partial charge in [0.05, 0.1) is 0 Å². The van der Waals surface area contributed by atoms with E-state index in [2.05, 4.69) is 20.8 Å². The molecular formula is C12H23N. The Morgan fingerprint density at radius 2 is 2.00 bits per heavy atom. The van der Waals surface area contributed by atoms with Crippen LogP contribution in [-0.4, -0.2) is 6.54 Å². The smallest absolute Gasteiger partial charge is 0.00744 e. The third kappa shape index (κ3) is 1.03. The Morgan fingerprint density at radius 3 is 2.38 bits per heavy atom. The fourth-order valence-corrected chi connectivity index (χ4v) is 4.01. The molecule has 0 aromatic rings. The Kier molecular flexibility index (Phi) is 1.99. The monoisotopic (exact) mass is 181 g/mol. The number of rotatable bonds is 2. The summed E-state index contributed by atoms with van der Waals surface area (Å²) in [5.74, 6) is 1.89. The van der Waals surface area contributed by atoms with Crippen molar-refractivity contribution in [1.29, 1.82) is 0 Å². The van der Waals surface area contributed by atoms with Crippen molar-refractivity contribution < 1.29 is 0 Å². The Balaban J connectivity index is 2.22. The molecular weight excluding hydrogens is 158 g/mol. The van der Waals surface area contributed by atoms with Crippen molar-refractivity contribution in [3.05, 3.63) is 0 Å². The van der Waals surface area contributed by atoms with Crippen LogP contribution in [0.5, 0.6) is 0 Å². The molecule has 2 rings (SSSR count). The van der Waals surface area contributed by atoms with E-state index in [0.29, 0.717) is 10.8 Å². The Bertz CT molecular complexity index is 209. The van der Waals surface area contributed by atoms with E-state index in [4.69, 9.17) is 5.73 Å². The summed E-state index contributed by atoms with van der Waals surface area (Å²) in [6.07, 6.45) is 5.59. The fourth-order valence-electron chi connectivity index (χ4n) is 4.01. The second kappa shape index (κ2) is 2.73. The van der Waals surface area contributed by atoms with Crippen LogP contribution in [-0.2, 0) is 0 Å². The Hall–Kier alpha value is -0.0400. The van der Waals surface area contributed by atoms with Gasteiger partial charge in [0.15, 0.2) is 0 Å². The van der Waals surface area contributed by atoms with Crippen LogP contribution in [0.2, 0.25) is 0 Å². The van der Waals surface area contributed by atoms with Crippen LogP contribution in [0.25, 0.3) is 0 Å². The van der Waals surface area contributed by atoms with E-state index in [1.165, 1.54) is 25.7 Å². The molecule has 2 saturated carbocycles. The molecule has 2 N–H and O–H groups in total. The number of hydrogen-bond acceptors (Lipinski definition) is 1. The minimum Gasteiger partial charge on any atom is -0.330 e. The van der Waals surface area contributed by atoms with Crippen LogP contribution in [0, 0.1) is 22.7 Å². The van der Waals surface area contributed by atoms with Crippen molar-refractivity contribution in [3.63, 3.8) is 0 Å². The second-order valence-electron chi connectivity index (χ2n) is 5.88. The summed E-state index contributed by atoms with van der Waals surface area (Å²) in [6, 6.07) is 0. The van der Waals surface area contributed by atoms with Crippen LogP contribution >= 0.6 is 0 Å². The van der Waals surface area contributed by atoms with Gasteiger partial charge in [0.25, 0.3) is 0 Å². The molecule has 2 aliphatic rings. The second-order valence-corrected chi connectivity index (χ2v) is 5.88. The maximum atomic E-state index is 5.69. The average Bonchev–Trinajstić information content (AvgIpc) is 2.37. The SMILES string of the molecule is CC1(C)[C@H]2CC[C@@]1(C)[C@@H](CCN)C2. The van der Waals surface area contributed by atoms with Gasteiger partial charge in [0.1, 0.15) is 0 Å². The zero-order chi connectivity index (χ0) is 9.69. The highest BCUT2D eigenvalue weighted by atomic mass is 14.7. The summed E-state index contributed by atoms with van der Waals surface area (Å²) in [7, 11) is 0. The molecule has 0 unspecified atom stereocenters. The maximum Gasteiger partial charge on any atom is -0.00744 e. The van der Waals surface area contributed by atoms with Gasteiger partial charge in [-0.1, -0.05) is 20.8 Å². The van der Waals surface area contributed by atoms with Crippen molar-refractivity contribution in [3.8, 4) is 0 Å². The van der Waals surface area contributed by atoms with Gasteiger partial charge >= 0.3 is 0 Å². The van der Waals surface area contributed by atoms with Crippen LogP contribution in [0.15, 0.2) is 0 Å². The van der Waals surface area contributed by atoms with E-state index >= 15 is 0 Å². The van der Waals surface area contributed by atoms with Crippen molar-refractivity contribution in [2.75, 3.05) is 6.54 Å². The average molecular weight is 181 g/mol. The maximum absolute atomic E-state index is 5.69. The zero-order valence-electron chi connectivity index (χ0n) is 9.27. The molecule has 1 heteroatoms. The molecule has 2 aliphatic carbocycles. The summed E-state index contributed by atoms with van der Waals surface area (Å²) >= 11 is 0. The van der Waals surface area contributed by atoms with Gasteiger partial charge in [0, 0.05) is 0 Å². The van der Waals surface area contributed by atoms with Crippen molar-refractivity contribution in [1.82, 2.24) is 0 Å². The first-order valence-corrected chi connectivity index (χ1v) is 5.72. The summed E-state index contributed by atoms with van der Waals surface area (Å²) < 4.78 is 0. The molecule has 0 spiro atoms. The summed E-state index contributed by atoms with van der Waals surface area (Å²) in [4.78, 5) is 0. The molecule has 13 heavy (non-hydrogen) atoms. The molecule has 0 saturated heterocycles. The highest BCUT2D eigenvalue weighted by Crippen LogP contribution is 2.68. The molecule has 2 fully saturated rings. The molecule has 0 heterocycles. The van der Waals surface area contributed by atoms with Gasteiger partial charge in [0.2, 0.25) is 0 Å². The predicted molar refractivity (Wildman–Crippen MR) is 56.4 cm³/mol. The quantitative estimate of drug-likeness (QED) is 0.696. The molecule has 2 bridgehead atoms. The first-order valence-electron chi connectivity index (χ1n) is 5.72. The largest absolute Gasteiger partial charge is 0.330 e. The standard InChI is InChI=1S/C12H23N/c1-11(2)9-4-6-12(11,3)10(8-9)5-7-13/h9-10H,4-8,13H2,1-3H3/t9-,10-,12-/m0/s1. The normalized spacial score (nSPS) is 47.1. The van der Waals surface area contributed by atoms with Gasteiger partial charge in [-0.25, -0.2) is 0 Å². The van der Waals surface area contributed by atoms with Crippen molar-refractivity contribution >= 4 is 0 Å². The molecule has 0 radical (unpaired) electrons. The minimum absolute atomic E-state index is 0.576. The van der Waals surface area contributed by atoms with Crippen LogP contribution in [0.1, 0.15) is 46.5 Å². The van der Waals surface area contributed by atoms with Gasteiger partial charge < -0.3 is 5.73 Å². The Morgan fingerprint density at radius 1 is 1.31 bits per heavy atom.